The molecule has 1 amide bonds. The summed E-state index contributed by atoms with van der Waals surface area (Å²) in [4.78, 5) is 25.5. The fourth-order valence-corrected chi connectivity index (χ4v) is 4.22. The number of rotatable bonds is 4. The van der Waals surface area contributed by atoms with Crippen molar-refractivity contribution in [3.63, 3.8) is 0 Å². The molecule has 1 aliphatic carbocycles. The van der Waals surface area contributed by atoms with E-state index in [1.165, 1.54) is 17.5 Å². The van der Waals surface area contributed by atoms with E-state index >= 15 is 0 Å². The number of carbonyl (C=O) groups is 1. The Bertz CT molecular complexity index is 1070. The van der Waals surface area contributed by atoms with Gasteiger partial charge in [-0.05, 0) is 38.0 Å². The molecule has 1 saturated carbocycles. The van der Waals surface area contributed by atoms with Crippen LogP contribution in [0.15, 0.2) is 29.1 Å². The molecule has 0 unspecified atom stereocenters. The largest absolute Gasteiger partial charge is 0.496 e. The van der Waals surface area contributed by atoms with Crippen molar-refractivity contribution in [1.29, 1.82) is 0 Å². The van der Waals surface area contributed by atoms with Gasteiger partial charge >= 0.3 is 0 Å². The lowest BCUT2D eigenvalue weighted by atomic mass is 10.1. The first-order valence-corrected chi connectivity index (χ1v) is 9.93. The molecule has 0 bridgehead atoms. The number of amides is 1. The van der Waals surface area contributed by atoms with Crippen LogP contribution in [0.3, 0.4) is 0 Å². The van der Waals surface area contributed by atoms with Crippen molar-refractivity contribution in [2.75, 3.05) is 7.11 Å². The normalized spacial score (nSPS) is 15.6. The van der Waals surface area contributed by atoms with Gasteiger partial charge in [0.05, 0.1) is 12.6 Å². The molecule has 0 aliphatic heterocycles. The van der Waals surface area contributed by atoms with Crippen molar-refractivity contribution < 1.29 is 9.53 Å². The van der Waals surface area contributed by atoms with Crippen LogP contribution in [0.2, 0.25) is 0 Å². The molecular formula is C21H26N4O3. The zero-order chi connectivity index (χ0) is 19.7. The topological polar surface area (TPSA) is 77.6 Å². The van der Waals surface area contributed by atoms with Gasteiger partial charge in [0, 0.05) is 11.4 Å². The maximum atomic E-state index is 13.0. The number of nitrogens with one attached hydrogen (secondary N) is 1. The summed E-state index contributed by atoms with van der Waals surface area (Å²) in [7, 11) is 1.61. The third kappa shape index (κ3) is 3.37. The van der Waals surface area contributed by atoms with Gasteiger partial charge in [-0.25, -0.2) is 4.68 Å². The minimum absolute atomic E-state index is 0.0642. The molecule has 1 aliphatic rings. The van der Waals surface area contributed by atoms with Crippen molar-refractivity contribution in [2.45, 2.75) is 58.0 Å². The van der Waals surface area contributed by atoms with Crippen LogP contribution in [0, 0.1) is 6.92 Å². The van der Waals surface area contributed by atoms with Gasteiger partial charge in [0.15, 0.2) is 0 Å². The van der Waals surface area contributed by atoms with Gasteiger partial charge in [0.25, 0.3) is 5.56 Å². The van der Waals surface area contributed by atoms with E-state index in [2.05, 4.69) is 10.4 Å². The lowest BCUT2D eigenvalue weighted by Crippen LogP contribution is -2.39. The second-order valence-corrected chi connectivity index (χ2v) is 7.52. The van der Waals surface area contributed by atoms with Crippen LogP contribution >= 0.6 is 0 Å². The molecule has 7 heteroatoms. The summed E-state index contributed by atoms with van der Waals surface area (Å²) in [5.41, 5.74) is 1.08. The van der Waals surface area contributed by atoms with Gasteiger partial charge in [-0.3, -0.25) is 14.0 Å². The highest BCUT2D eigenvalue weighted by molar-refractivity contribution is 5.92. The minimum atomic E-state index is -0.278. The number of fused-ring (bicyclic) bond motifs is 3. The van der Waals surface area contributed by atoms with Crippen LogP contribution in [0.5, 0.6) is 5.75 Å². The van der Waals surface area contributed by atoms with Gasteiger partial charge in [-0.2, -0.15) is 5.10 Å². The van der Waals surface area contributed by atoms with Crippen molar-refractivity contribution in [3.05, 3.63) is 40.4 Å². The lowest BCUT2D eigenvalue weighted by molar-refractivity contribution is -0.122. The third-order valence-electron chi connectivity index (χ3n) is 5.58. The van der Waals surface area contributed by atoms with E-state index in [0.717, 1.165) is 36.6 Å². The van der Waals surface area contributed by atoms with Crippen LogP contribution in [-0.4, -0.2) is 33.2 Å². The first-order chi connectivity index (χ1) is 13.6. The molecule has 1 fully saturated rings. The number of nitrogens with zero attached hydrogens (tertiary/aromatic N) is 3. The molecule has 28 heavy (non-hydrogen) atoms. The second-order valence-electron chi connectivity index (χ2n) is 7.52. The Balaban J connectivity index is 1.66. The highest BCUT2D eigenvalue weighted by atomic mass is 16.5. The molecular weight excluding hydrogens is 356 g/mol. The van der Waals surface area contributed by atoms with Crippen LogP contribution in [0.1, 0.15) is 44.3 Å². The zero-order valence-electron chi connectivity index (χ0n) is 16.4. The van der Waals surface area contributed by atoms with E-state index < -0.39 is 0 Å². The molecule has 148 valence electrons. The number of hydrogen-bond acceptors (Lipinski definition) is 4. The van der Waals surface area contributed by atoms with Gasteiger partial charge in [-0.15, -0.1) is 0 Å². The smallest absolute Gasteiger partial charge is 0.291 e. The molecule has 4 rings (SSSR count). The Labute approximate surface area is 163 Å². The van der Waals surface area contributed by atoms with Gasteiger partial charge < -0.3 is 10.1 Å². The molecule has 0 saturated heterocycles. The average molecular weight is 382 g/mol. The van der Waals surface area contributed by atoms with Gasteiger partial charge in [0.2, 0.25) is 5.91 Å². The minimum Gasteiger partial charge on any atom is -0.496 e. The predicted molar refractivity (Wildman–Crippen MR) is 108 cm³/mol. The van der Waals surface area contributed by atoms with Crippen molar-refractivity contribution in [3.8, 4) is 5.75 Å². The number of carbonyl (C=O) groups excluding carboxylic acids is 1. The van der Waals surface area contributed by atoms with Gasteiger partial charge in [-0.1, -0.05) is 31.7 Å². The standard InChI is InChI=1S/C21H26N4O3/c1-14-23-24(13-20(26)22-15-8-5-3-4-6-9-15)21(27)18-12-16-17(25(14)18)10-7-11-19(16)28-2/h7,10-12,15H,3-6,8-9,13H2,1-2H3,(H,22,26). The predicted octanol–water partition coefficient (Wildman–Crippen LogP) is 2.81. The quantitative estimate of drug-likeness (QED) is 0.704. The second kappa shape index (κ2) is 7.66. The van der Waals surface area contributed by atoms with E-state index in [9.17, 15) is 9.59 Å². The number of benzene rings is 1. The fraction of sp³-hybridized carbons (Fsp3) is 0.476. The van der Waals surface area contributed by atoms with Crippen molar-refractivity contribution in [2.24, 2.45) is 0 Å². The van der Waals surface area contributed by atoms with Crippen LogP contribution in [0.25, 0.3) is 16.4 Å². The van der Waals surface area contributed by atoms with Crippen LogP contribution < -0.4 is 15.6 Å². The van der Waals surface area contributed by atoms with E-state index in [1.54, 1.807) is 7.11 Å². The summed E-state index contributed by atoms with van der Waals surface area (Å²) in [6.45, 7) is 1.77. The van der Waals surface area contributed by atoms with E-state index in [1.807, 2.05) is 35.6 Å². The molecule has 0 spiro atoms. The third-order valence-corrected chi connectivity index (χ3v) is 5.58. The van der Waals surface area contributed by atoms with Gasteiger partial charge in [0.1, 0.15) is 23.6 Å². The molecule has 0 atom stereocenters. The molecule has 2 heterocycles. The Morgan fingerprint density at radius 2 is 1.96 bits per heavy atom. The molecule has 1 N–H and O–H groups in total. The monoisotopic (exact) mass is 382 g/mol. The van der Waals surface area contributed by atoms with E-state index in [4.69, 9.17) is 4.74 Å². The van der Waals surface area contributed by atoms with E-state index in [-0.39, 0.29) is 24.1 Å². The molecule has 2 aromatic heterocycles. The summed E-state index contributed by atoms with van der Waals surface area (Å²) in [5.74, 6) is 1.21. The van der Waals surface area contributed by atoms with E-state index in [0.29, 0.717) is 17.1 Å². The average Bonchev–Trinajstić information content (AvgIpc) is 2.90. The molecule has 0 radical (unpaired) electrons. The number of methoxy groups -OCH3 is 1. The summed E-state index contributed by atoms with van der Waals surface area (Å²) in [6, 6.07) is 7.70. The summed E-state index contributed by atoms with van der Waals surface area (Å²) in [6.07, 6.45) is 6.77. The SMILES string of the molecule is COc1cccc2c1cc1c(=O)n(CC(=O)NC3CCCCCC3)nc(C)n12. The maximum absolute atomic E-state index is 13.0. The van der Waals surface area contributed by atoms with Crippen LogP contribution in [0.4, 0.5) is 0 Å². The highest BCUT2D eigenvalue weighted by Crippen LogP contribution is 2.28. The Kier molecular flexibility index (Phi) is 5.07. The Hall–Kier alpha value is -2.83. The summed E-state index contributed by atoms with van der Waals surface area (Å²) < 4.78 is 8.50. The first kappa shape index (κ1) is 18.5. The van der Waals surface area contributed by atoms with Crippen molar-refractivity contribution in [1.82, 2.24) is 19.5 Å². The number of aromatic nitrogens is 3. The van der Waals surface area contributed by atoms with Crippen molar-refractivity contribution >= 4 is 22.3 Å². The Morgan fingerprint density at radius 1 is 1.21 bits per heavy atom. The Morgan fingerprint density at radius 3 is 2.68 bits per heavy atom. The zero-order valence-corrected chi connectivity index (χ0v) is 16.4. The molecule has 7 nitrogen and oxygen atoms in total. The molecule has 3 aromatic rings. The highest BCUT2D eigenvalue weighted by Gasteiger charge is 2.18. The number of hydrogen-bond donors (Lipinski definition) is 1. The maximum Gasteiger partial charge on any atom is 0.291 e. The lowest BCUT2D eigenvalue weighted by Gasteiger charge is -2.16. The summed E-state index contributed by atoms with van der Waals surface area (Å²) >= 11 is 0. The van der Waals surface area contributed by atoms with Crippen LogP contribution in [-0.2, 0) is 11.3 Å². The fourth-order valence-electron chi connectivity index (χ4n) is 4.22. The molecule has 1 aromatic carbocycles. The number of aryl methyl sites for hydroxylation is 1. The first-order valence-electron chi connectivity index (χ1n) is 9.93. The number of ether oxygens (including phenoxy) is 1. The summed E-state index contributed by atoms with van der Waals surface area (Å²) in [5, 5.41) is 8.33.